The van der Waals surface area contributed by atoms with Gasteiger partial charge in [0.05, 0.1) is 6.20 Å². The second-order valence-corrected chi connectivity index (χ2v) is 6.28. The first-order valence-corrected chi connectivity index (χ1v) is 7.21. The quantitative estimate of drug-likeness (QED) is 0.721. The van der Waals surface area contributed by atoms with E-state index >= 15 is 0 Å². The largest absolute Gasteiger partial charge is 0.332 e. The molecule has 1 saturated carbocycles. The van der Waals surface area contributed by atoms with Gasteiger partial charge in [-0.05, 0) is 19.8 Å². The van der Waals surface area contributed by atoms with Crippen molar-refractivity contribution in [2.45, 2.75) is 43.2 Å². The van der Waals surface area contributed by atoms with Crippen molar-refractivity contribution in [3.05, 3.63) is 12.0 Å². The first kappa shape index (κ1) is 12.5. The molecule has 7 heteroatoms. The molecule has 0 saturated heterocycles. The second kappa shape index (κ2) is 4.40. The maximum absolute atomic E-state index is 12.1. The third-order valence-electron chi connectivity index (χ3n) is 3.27. The predicted molar refractivity (Wildman–Crippen MR) is 63.9 cm³/mol. The van der Waals surface area contributed by atoms with Crippen molar-refractivity contribution in [3.8, 4) is 0 Å². The Labute approximate surface area is 101 Å². The molecule has 0 atom stereocenters. The molecule has 4 N–H and O–H groups in total. The summed E-state index contributed by atoms with van der Waals surface area (Å²) < 4.78 is 27.0. The number of aromatic nitrogens is 2. The van der Waals surface area contributed by atoms with E-state index in [4.69, 9.17) is 5.73 Å². The molecule has 0 radical (unpaired) electrons. The molecule has 0 bridgehead atoms. The van der Waals surface area contributed by atoms with Gasteiger partial charge in [0, 0.05) is 12.1 Å². The molecule has 1 aliphatic rings. The van der Waals surface area contributed by atoms with Crippen LogP contribution < -0.4 is 10.5 Å². The number of aromatic amines is 1. The molecule has 0 aromatic carbocycles. The number of aryl methyl sites for hydroxylation is 1. The fourth-order valence-corrected chi connectivity index (χ4v) is 3.72. The number of nitrogens with two attached hydrogens (primary N) is 1. The van der Waals surface area contributed by atoms with Crippen LogP contribution in [0.2, 0.25) is 0 Å². The Morgan fingerprint density at radius 2 is 2.18 bits per heavy atom. The number of imidazole rings is 1. The van der Waals surface area contributed by atoms with Gasteiger partial charge in [-0.1, -0.05) is 12.8 Å². The molecule has 1 aliphatic carbocycles. The van der Waals surface area contributed by atoms with E-state index in [0.29, 0.717) is 12.4 Å². The minimum absolute atomic E-state index is 0.106. The number of sulfonamides is 1. The minimum Gasteiger partial charge on any atom is -0.332 e. The average molecular weight is 258 g/mol. The van der Waals surface area contributed by atoms with E-state index in [1.807, 2.05) is 0 Å². The fraction of sp³-hybridized carbons (Fsp3) is 0.700. The van der Waals surface area contributed by atoms with Crippen LogP contribution in [0.5, 0.6) is 0 Å². The molecule has 1 fully saturated rings. The first-order valence-electron chi connectivity index (χ1n) is 5.73. The molecule has 2 rings (SSSR count). The first-order chi connectivity index (χ1) is 7.97. The highest BCUT2D eigenvalue weighted by molar-refractivity contribution is 7.89. The second-order valence-electron chi connectivity index (χ2n) is 4.63. The lowest BCUT2D eigenvalue weighted by atomic mass is 10.0. The highest BCUT2D eigenvalue weighted by Crippen LogP contribution is 2.30. The lowest BCUT2D eigenvalue weighted by Gasteiger charge is -2.27. The van der Waals surface area contributed by atoms with Gasteiger partial charge >= 0.3 is 0 Å². The van der Waals surface area contributed by atoms with Crippen LogP contribution in [-0.4, -0.2) is 30.5 Å². The van der Waals surface area contributed by atoms with E-state index in [-0.39, 0.29) is 5.03 Å². The van der Waals surface area contributed by atoms with Crippen LogP contribution in [0.4, 0.5) is 0 Å². The van der Waals surface area contributed by atoms with E-state index in [2.05, 4.69) is 14.7 Å². The van der Waals surface area contributed by atoms with E-state index in [0.717, 1.165) is 25.7 Å². The van der Waals surface area contributed by atoms with Gasteiger partial charge in [0.1, 0.15) is 5.82 Å². The smallest absolute Gasteiger partial charge is 0.258 e. The molecule has 1 heterocycles. The number of nitrogens with one attached hydrogen (secondary N) is 2. The monoisotopic (exact) mass is 258 g/mol. The van der Waals surface area contributed by atoms with Gasteiger partial charge in [0.25, 0.3) is 10.0 Å². The fourth-order valence-electron chi connectivity index (χ4n) is 2.27. The molecule has 17 heavy (non-hydrogen) atoms. The zero-order chi connectivity index (χ0) is 12.5. The van der Waals surface area contributed by atoms with Gasteiger partial charge in [-0.3, -0.25) is 0 Å². The maximum atomic E-state index is 12.1. The van der Waals surface area contributed by atoms with Crippen molar-refractivity contribution >= 4 is 10.0 Å². The van der Waals surface area contributed by atoms with Gasteiger partial charge in [0.2, 0.25) is 0 Å². The standard InChI is InChI=1S/C10H18N4O2S/c1-8-12-6-9(13-8)17(15,16)14-10(7-11)4-2-3-5-10/h6,14H,2-5,7,11H2,1H3,(H,12,13). The Morgan fingerprint density at radius 1 is 1.53 bits per heavy atom. The zero-order valence-electron chi connectivity index (χ0n) is 9.86. The third kappa shape index (κ3) is 2.51. The van der Waals surface area contributed by atoms with Gasteiger partial charge in [0.15, 0.2) is 5.03 Å². The van der Waals surface area contributed by atoms with Gasteiger partial charge in [-0.2, -0.15) is 0 Å². The SMILES string of the molecule is Cc1ncc(S(=O)(=O)NC2(CN)CCCC2)[nH]1. The number of hydrogen-bond donors (Lipinski definition) is 3. The highest BCUT2D eigenvalue weighted by atomic mass is 32.2. The minimum atomic E-state index is -3.54. The molecular weight excluding hydrogens is 240 g/mol. The Morgan fingerprint density at radius 3 is 2.65 bits per heavy atom. The van der Waals surface area contributed by atoms with Crippen LogP contribution in [-0.2, 0) is 10.0 Å². The van der Waals surface area contributed by atoms with Crippen LogP contribution in [0.25, 0.3) is 0 Å². The van der Waals surface area contributed by atoms with E-state index in [1.165, 1.54) is 6.20 Å². The van der Waals surface area contributed by atoms with E-state index in [9.17, 15) is 8.42 Å². The molecule has 1 aromatic heterocycles. The Balaban J connectivity index is 2.22. The maximum Gasteiger partial charge on any atom is 0.258 e. The lowest BCUT2D eigenvalue weighted by Crippen LogP contribution is -2.51. The summed E-state index contributed by atoms with van der Waals surface area (Å²) in [6.07, 6.45) is 4.96. The third-order valence-corrected chi connectivity index (χ3v) is 4.76. The summed E-state index contributed by atoms with van der Waals surface area (Å²) in [7, 11) is -3.54. The van der Waals surface area contributed by atoms with Crippen molar-refractivity contribution in [2.75, 3.05) is 6.54 Å². The Hall–Kier alpha value is -0.920. The van der Waals surface area contributed by atoms with Crippen LogP contribution >= 0.6 is 0 Å². The van der Waals surface area contributed by atoms with Crippen LogP contribution in [0.15, 0.2) is 11.2 Å². The van der Waals surface area contributed by atoms with Crippen LogP contribution in [0, 0.1) is 6.92 Å². The number of rotatable bonds is 4. The summed E-state index contributed by atoms with van der Waals surface area (Å²) in [5, 5.41) is 0.106. The molecule has 0 amide bonds. The topological polar surface area (TPSA) is 101 Å². The Kier molecular flexibility index (Phi) is 3.24. The summed E-state index contributed by atoms with van der Waals surface area (Å²) in [6, 6.07) is 0. The number of H-pyrrole nitrogens is 1. The average Bonchev–Trinajstić information content (AvgIpc) is 2.87. The van der Waals surface area contributed by atoms with Crippen molar-refractivity contribution in [2.24, 2.45) is 5.73 Å². The normalized spacial score (nSPS) is 19.6. The number of nitrogens with zero attached hydrogens (tertiary/aromatic N) is 1. The summed E-state index contributed by atoms with van der Waals surface area (Å²) in [6.45, 7) is 2.05. The van der Waals surface area contributed by atoms with Crippen molar-refractivity contribution < 1.29 is 8.42 Å². The zero-order valence-corrected chi connectivity index (χ0v) is 10.7. The van der Waals surface area contributed by atoms with Crippen molar-refractivity contribution in [1.82, 2.24) is 14.7 Å². The van der Waals surface area contributed by atoms with Crippen molar-refractivity contribution in [1.29, 1.82) is 0 Å². The molecule has 1 aromatic rings. The highest BCUT2D eigenvalue weighted by Gasteiger charge is 2.37. The summed E-state index contributed by atoms with van der Waals surface area (Å²) in [5.41, 5.74) is 5.23. The van der Waals surface area contributed by atoms with Crippen molar-refractivity contribution in [3.63, 3.8) is 0 Å². The lowest BCUT2D eigenvalue weighted by molar-refractivity contribution is 0.399. The predicted octanol–water partition coefficient (Wildman–Crippen LogP) is 0.268. The Bertz CT molecular complexity index is 488. The van der Waals surface area contributed by atoms with Crippen LogP contribution in [0.1, 0.15) is 31.5 Å². The molecule has 96 valence electrons. The molecule has 0 unspecified atom stereocenters. The summed E-state index contributed by atoms with van der Waals surface area (Å²) in [4.78, 5) is 6.63. The molecule has 6 nitrogen and oxygen atoms in total. The van der Waals surface area contributed by atoms with Gasteiger partial charge < -0.3 is 10.7 Å². The van der Waals surface area contributed by atoms with Gasteiger partial charge in [-0.15, -0.1) is 0 Å². The van der Waals surface area contributed by atoms with E-state index in [1.54, 1.807) is 6.92 Å². The number of hydrogen-bond acceptors (Lipinski definition) is 4. The summed E-state index contributed by atoms with van der Waals surface area (Å²) >= 11 is 0. The summed E-state index contributed by atoms with van der Waals surface area (Å²) in [5.74, 6) is 0.582. The molecular formula is C10H18N4O2S. The van der Waals surface area contributed by atoms with Gasteiger partial charge in [-0.25, -0.2) is 18.1 Å². The molecule has 0 aliphatic heterocycles. The molecule has 0 spiro atoms. The van der Waals surface area contributed by atoms with E-state index < -0.39 is 15.6 Å². The van der Waals surface area contributed by atoms with Crippen LogP contribution in [0.3, 0.4) is 0 Å².